The van der Waals surface area contributed by atoms with Gasteiger partial charge in [-0.3, -0.25) is 9.69 Å². The van der Waals surface area contributed by atoms with Crippen LogP contribution in [0.2, 0.25) is 0 Å². The van der Waals surface area contributed by atoms with Gasteiger partial charge in [0.1, 0.15) is 10.1 Å². The number of amides is 1. The lowest BCUT2D eigenvalue weighted by molar-refractivity contribution is -0.121. The molecule has 1 aromatic heterocycles. The second kappa shape index (κ2) is 6.68. The Bertz CT molecular complexity index is 632. The SMILES string of the molecule is C=CCN1C(=O)C(=Cc2ccc(N3CCOCC3)o2)SC1=S. The molecular weight excluding hydrogens is 320 g/mol. The van der Waals surface area contributed by atoms with Crippen LogP contribution in [0, 0.1) is 0 Å². The third-order valence-corrected chi connectivity index (χ3v) is 4.77. The molecule has 0 bridgehead atoms. The molecule has 0 N–H and O–H groups in total. The Labute approximate surface area is 138 Å². The normalized spacial score (nSPS) is 21.0. The first-order valence-electron chi connectivity index (χ1n) is 6.98. The maximum absolute atomic E-state index is 12.3. The number of furan rings is 1. The van der Waals surface area contributed by atoms with Gasteiger partial charge in [-0.15, -0.1) is 6.58 Å². The highest BCUT2D eigenvalue weighted by Gasteiger charge is 2.31. The fraction of sp³-hybridized carbons (Fsp3) is 0.333. The van der Waals surface area contributed by atoms with Gasteiger partial charge in [-0.1, -0.05) is 30.1 Å². The lowest BCUT2D eigenvalue weighted by Gasteiger charge is -2.26. The maximum atomic E-state index is 12.3. The number of carbonyl (C=O) groups excluding carboxylic acids is 1. The van der Waals surface area contributed by atoms with Crippen molar-refractivity contribution in [2.45, 2.75) is 0 Å². The van der Waals surface area contributed by atoms with Gasteiger partial charge in [0.05, 0.1) is 18.1 Å². The highest BCUT2D eigenvalue weighted by molar-refractivity contribution is 8.26. The fourth-order valence-corrected chi connectivity index (χ4v) is 3.54. The zero-order valence-corrected chi connectivity index (χ0v) is 13.6. The molecule has 2 aliphatic heterocycles. The van der Waals surface area contributed by atoms with Gasteiger partial charge < -0.3 is 14.1 Å². The fourth-order valence-electron chi connectivity index (χ4n) is 2.29. The van der Waals surface area contributed by atoms with E-state index in [4.69, 9.17) is 21.4 Å². The predicted octanol–water partition coefficient (Wildman–Crippen LogP) is 2.50. The van der Waals surface area contributed by atoms with E-state index in [1.807, 2.05) is 12.1 Å². The van der Waals surface area contributed by atoms with Gasteiger partial charge in [0.15, 0.2) is 5.88 Å². The average Bonchev–Trinajstić information content (AvgIpc) is 3.09. The van der Waals surface area contributed by atoms with Crippen LogP contribution in [0.5, 0.6) is 0 Å². The molecule has 1 aromatic rings. The maximum Gasteiger partial charge on any atom is 0.266 e. The number of ether oxygens (including phenoxy) is 1. The molecule has 5 nitrogen and oxygen atoms in total. The van der Waals surface area contributed by atoms with E-state index in [1.165, 1.54) is 16.7 Å². The first-order valence-corrected chi connectivity index (χ1v) is 8.20. The number of hydrogen-bond donors (Lipinski definition) is 0. The van der Waals surface area contributed by atoms with Gasteiger partial charge in [0, 0.05) is 31.8 Å². The number of nitrogens with zero attached hydrogens (tertiary/aromatic N) is 2. The summed E-state index contributed by atoms with van der Waals surface area (Å²) in [6.45, 7) is 7.11. The topological polar surface area (TPSA) is 45.9 Å². The summed E-state index contributed by atoms with van der Waals surface area (Å²) in [7, 11) is 0. The highest BCUT2D eigenvalue weighted by Crippen LogP contribution is 2.33. The highest BCUT2D eigenvalue weighted by atomic mass is 32.2. The molecular formula is C15H16N2O3S2. The summed E-state index contributed by atoms with van der Waals surface area (Å²) >= 11 is 6.50. The van der Waals surface area contributed by atoms with Gasteiger partial charge in [0.25, 0.3) is 5.91 Å². The van der Waals surface area contributed by atoms with Crippen molar-refractivity contribution in [1.29, 1.82) is 0 Å². The van der Waals surface area contributed by atoms with Crippen molar-refractivity contribution in [3.8, 4) is 0 Å². The summed E-state index contributed by atoms with van der Waals surface area (Å²) in [6.07, 6.45) is 3.41. The lowest BCUT2D eigenvalue weighted by atomic mass is 10.3. The van der Waals surface area contributed by atoms with Crippen LogP contribution in [0.1, 0.15) is 5.76 Å². The van der Waals surface area contributed by atoms with Crippen molar-refractivity contribution >= 4 is 46.2 Å². The van der Waals surface area contributed by atoms with Crippen molar-refractivity contribution < 1.29 is 13.9 Å². The minimum Gasteiger partial charge on any atom is -0.441 e. The summed E-state index contributed by atoms with van der Waals surface area (Å²) in [5, 5.41) is 0. The van der Waals surface area contributed by atoms with E-state index >= 15 is 0 Å². The molecule has 2 fully saturated rings. The van der Waals surface area contributed by atoms with Crippen LogP contribution < -0.4 is 4.90 Å². The molecule has 2 saturated heterocycles. The summed E-state index contributed by atoms with van der Waals surface area (Å²) in [6, 6.07) is 3.78. The third kappa shape index (κ3) is 3.11. The second-order valence-electron chi connectivity index (χ2n) is 4.86. The first-order chi connectivity index (χ1) is 10.7. The molecule has 3 heterocycles. The minimum atomic E-state index is -0.0979. The van der Waals surface area contributed by atoms with E-state index in [9.17, 15) is 4.79 Å². The van der Waals surface area contributed by atoms with Crippen LogP contribution in [0.4, 0.5) is 5.88 Å². The summed E-state index contributed by atoms with van der Waals surface area (Å²) in [5.74, 6) is 1.36. The zero-order valence-electron chi connectivity index (χ0n) is 12.0. The number of thiocarbonyl (C=S) groups is 1. The van der Waals surface area contributed by atoms with Crippen molar-refractivity contribution in [2.24, 2.45) is 0 Å². The van der Waals surface area contributed by atoms with E-state index in [0.29, 0.717) is 34.7 Å². The van der Waals surface area contributed by atoms with Crippen LogP contribution >= 0.6 is 24.0 Å². The van der Waals surface area contributed by atoms with Crippen LogP contribution in [-0.2, 0) is 9.53 Å². The van der Waals surface area contributed by atoms with Gasteiger partial charge in [-0.25, -0.2) is 0 Å². The largest absolute Gasteiger partial charge is 0.441 e. The smallest absolute Gasteiger partial charge is 0.266 e. The Morgan fingerprint density at radius 2 is 2.14 bits per heavy atom. The Balaban J connectivity index is 1.75. The number of thioether (sulfide) groups is 1. The number of hydrogen-bond acceptors (Lipinski definition) is 6. The van der Waals surface area contributed by atoms with Crippen molar-refractivity contribution in [1.82, 2.24) is 4.90 Å². The number of carbonyl (C=O) groups is 1. The molecule has 7 heteroatoms. The quantitative estimate of drug-likeness (QED) is 0.478. The molecule has 2 aliphatic rings. The Morgan fingerprint density at radius 1 is 1.36 bits per heavy atom. The summed E-state index contributed by atoms with van der Waals surface area (Å²) < 4.78 is 11.7. The van der Waals surface area contributed by atoms with Gasteiger partial charge in [-0.2, -0.15) is 0 Å². The molecule has 0 radical (unpaired) electrons. The Morgan fingerprint density at radius 3 is 2.86 bits per heavy atom. The van der Waals surface area contributed by atoms with E-state index in [0.717, 1.165) is 19.0 Å². The van der Waals surface area contributed by atoms with Crippen LogP contribution in [0.25, 0.3) is 6.08 Å². The van der Waals surface area contributed by atoms with Crippen molar-refractivity contribution in [2.75, 3.05) is 37.7 Å². The van der Waals surface area contributed by atoms with E-state index in [1.54, 1.807) is 12.2 Å². The second-order valence-corrected chi connectivity index (χ2v) is 6.53. The molecule has 0 atom stereocenters. The summed E-state index contributed by atoms with van der Waals surface area (Å²) in [5.41, 5.74) is 0. The Kier molecular flexibility index (Phi) is 4.66. The molecule has 0 saturated carbocycles. The van der Waals surface area contributed by atoms with Gasteiger partial charge in [0.2, 0.25) is 0 Å². The zero-order chi connectivity index (χ0) is 15.5. The Hall–Kier alpha value is -1.57. The number of anilines is 1. The van der Waals surface area contributed by atoms with Crippen molar-refractivity contribution in [3.63, 3.8) is 0 Å². The summed E-state index contributed by atoms with van der Waals surface area (Å²) in [4.78, 5) is 16.5. The average molecular weight is 336 g/mol. The van der Waals surface area contributed by atoms with Crippen LogP contribution in [0.15, 0.2) is 34.1 Å². The van der Waals surface area contributed by atoms with E-state index in [-0.39, 0.29) is 5.91 Å². The van der Waals surface area contributed by atoms with E-state index in [2.05, 4.69) is 11.5 Å². The molecule has 116 valence electrons. The van der Waals surface area contributed by atoms with Crippen LogP contribution in [0.3, 0.4) is 0 Å². The molecule has 0 spiro atoms. The molecule has 0 aromatic carbocycles. The number of rotatable bonds is 4. The number of morpholine rings is 1. The predicted molar refractivity (Wildman–Crippen MR) is 91.8 cm³/mol. The van der Waals surface area contributed by atoms with Crippen molar-refractivity contribution in [3.05, 3.63) is 35.5 Å². The van der Waals surface area contributed by atoms with E-state index < -0.39 is 0 Å². The standard InChI is InChI=1S/C15H16N2O3S2/c1-2-5-17-14(18)12(22-15(17)21)10-11-3-4-13(20-11)16-6-8-19-9-7-16/h2-4,10H,1,5-9H2. The third-order valence-electron chi connectivity index (χ3n) is 3.39. The lowest BCUT2D eigenvalue weighted by Crippen LogP contribution is -2.35. The minimum absolute atomic E-state index is 0.0979. The first kappa shape index (κ1) is 15.3. The molecule has 1 amide bonds. The molecule has 0 unspecified atom stereocenters. The monoisotopic (exact) mass is 336 g/mol. The molecule has 22 heavy (non-hydrogen) atoms. The molecule has 3 rings (SSSR count). The van der Waals surface area contributed by atoms with Gasteiger partial charge >= 0.3 is 0 Å². The molecule has 0 aliphatic carbocycles. The van der Waals surface area contributed by atoms with Crippen LogP contribution in [-0.4, -0.2) is 48.0 Å². The van der Waals surface area contributed by atoms with Gasteiger partial charge in [-0.05, 0) is 6.07 Å².